The summed E-state index contributed by atoms with van der Waals surface area (Å²) in [5, 5.41) is 12.7. The molecule has 2 heterocycles. The molecular formula is C11H15N3S. The second-order valence-corrected chi connectivity index (χ2v) is 4.38. The van der Waals surface area contributed by atoms with Crippen molar-refractivity contribution < 1.29 is 0 Å². The first-order valence-electron chi connectivity index (χ1n) is 5.19. The van der Waals surface area contributed by atoms with Crippen molar-refractivity contribution in [1.82, 2.24) is 15.5 Å². The molecule has 0 saturated carbocycles. The molecule has 0 spiro atoms. The summed E-state index contributed by atoms with van der Waals surface area (Å²) in [4.78, 5) is 1.22. The minimum atomic E-state index is 0.867. The number of rotatable bonds is 5. The van der Waals surface area contributed by atoms with Crippen LogP contribution >= 0.6 is 11.3 Å². The normalized spacial score (nSPS) is 10.7. The Morgan fingerprint density at radius 1 is 1.53 bits per heavy atom. The fourth-order valence-corrected chi connectivity index (χ4v) is 2.09. The van der Waals surface area contributed by atoms with Crippen molar-refractivity contribution in [2.24, 2.45) is 0 Å². The molecule has 2 aromatic rings. The number of thiophene rings is 1. The molecule has 0 aromatic carbocycles. The van der Waals surface area contributed by atoms with E-state index >= 15 is 0 Å². The first kappa shape index (κ1) is 10.4. The third-order valence-corrected chi connectivity index (χ3v) is 3.04. The van der Waals surface area contributed by atoms with Gasteiger partial charge in [-0.05, 0) is 30.5 Å². The fourth-order valence-electron chi connectivity index (χ4n) is 1.40. The Bertz CT molecular complexity index is 392. The first-order valence-corrected chi connectivity index (χ1v) is 6.07. The van der Waals surface area contributed by atoms with E-state index in [2.05, 4.69) is 40.0 Å². The van der Waals surface area contributed by atoms with Gasteiger partial charge in [-0.25, -0.2) is 0 Å². The summed E-state index contributed by atoms with van der Waals surface area (Å²) in [7, 11) is 0. The van der Waals surface area contributed by atoms with E-state index in [0.717, 1.165) is 30.9 Å². The van der Waals surface area contributed by atoms with Gasteiger partial charge >= 0.3 is 0 Å². The zero-order valence-electron chi connectivity index (χ0n) is 8.79. The van der Waals surface area contributed by atoms with Crippen LogP contribution in [0.2, 0.25) is 0 Å². The van der Waals surface area contributed by atoms with E-state index < -0.39 is 0 Å². The molecule has 4 heteroatoms. The molecule has 0 amide bonds. The second-order valence-electron chi connectivity index (χ2n) is 3.43. The average molecular weight is 221 g/mol. The van der Waals surface area contributed by atoms with Gasteiger partial charge in [-0.2, -0.15) is 5.10 Å². The maximum absolute atomic E-state index is 4.28. The lowest BCUT2D eigenvalue weighted by molar-refractivity contribution is 0.662. The number of aromatic nitrogens is 2. The van der Waals surface area contributed by atoms with E-state index in [1.807, 2.05) is 6.07 Å². The second kappa shape index (κ2) is 5.09. The molecule has 2 N–H and O–H groups in total. The fraction of sp³-hybridized carbons (Fsp3) is 0.364. The summed E-state index contributed by atoms with van der Waals surface area (Å²) in [5.41, 5.74) is 2.19. The van der Waals surface area contributed by atoms with Gasteiger partial charge in [0.2, 0.25) is 0 Å². The molecule has 0 aliphatic rings. The monoisotopic (exact) mass is 221 g/mol. The lowest BCUT2D eigenvalue weighted by Gasteiger charge is -1.97. The predicted molar refractivity (Wildman–Crippen MR) is 63.9 cm³/mol. The lowest BCUT2D eigenvalue weighted by atomic mass is 10.3. The minimum Gasteiger partial charge on any atom is -0.311 e. The number of hydrogen-bond acceptors (Lipinski definition) is 3. The molecule has 0 aliphatic carbocycles. The highest BCUT2D eigenvalue weighted by Gasteiger charge is 2.03. The van der Waals surface area contributed by atoms with E-state index in [1.54, 1.807) is 11.3 Å². The Morgan fingerprint density at radius 2 is 2.47 bits per heavy atom. The van der Waals surface area contributed by atoms with Crippen molar-refractivity contribution >= 4 is 11.3 Å². The molecule has 0 unspecified atom stereocenters. The molecule has 0 atom stereocenters. The van der Waals surface area contributed by atoms with E-state index in [-0.39, 0.29) is 0 Å². The van der Waals surface area contributed by atoms with Gasteiger partial charge in [-0.3, -0.25) is 5.10 Å². The van der Waals surface area contributed by atoms with Crippen LogP contribution < -0.4 is 5.32 Å². The third kappa shape index (κ3) is 2.67. The van der Waals surface area contributed by atoms with Crippen molar-refractivity contribution in [2.75, 3.05) is 6.54 Å². The van der Waals surface area contributed by atoms with Gasteiger partial charge in [0.15, 0.2) is 0 Å². The van der Waals surface area contributed by atoms with Gasteiger partial charge in [0.05, 0.1) is 4.88 Å². The SMILES string of the molecule is CCCNCc1cc(-c2cccs2)n[nH]1. The number of hydrogen-bond donors (Lipinski definition) is 2. The van der Waals surface area contributed by atoms with Crippen LogP contribution in [0.3, 0.4) is 0 Å². The van der Waals surface area contributed by atoms with Crippen LogP contribution in [-0.2, 0) is 6.54 Å². The van der Waals surface area contributed by atoms with Crippen LogP contribution in [-0.4, -0.2) is 16.7 Å². The molecular weight excluding hydrogens is 206 g/mol. The van der Waals surface area contributed by atoms with E-state index in [0.29, 0.717) is 0 Å². The summed E-state index contributed by atoms with van der Waals surface area (Å²) in [6, 6.07) is 6.24. The minimum absolute atomic E-state index is 0.867. The van der Waals surface area contributed by atoms with Crippen LogP contribution in [0.4, 0.5) is 0 Å². The summed E-state index contributed by atoms with van der Waals surface area (Å²) in [6.07, 6.45) is 1.16. The molecule has 3 nitrogen and oxygen atoms in total. The zero-order valence-corrected chi connectivity index (χ0v) is 9.60. The van der Waals surface area contributed by atoms with Gasteiger partial charge in [0, 0.05) is 12.2 Å². The Labute approximate surface area is 93.5 Å². The average Bonchev–Trinajstić information content (AvgIpc) is 2.87. The maximum atomic E-state index is 4.28. The Hall–Kier alpha value is -1.13. The summed E-state index contributed by atoms with van der Waals surface area (Å²) < 4.78 is 0. The van der Waals surface area contributed by atoms with Crippen molar-refractivity contribution in [2.45, 2.75) is 19.9 Å². The topological polar surface area (TPSA) is 40.7 Å². The van der Waals surface area contributed by atoms with Gasteiger partial charge in [0.1, 0.15) is 5.69 Å². The Balaban J connectivity index is 1.98. The van der Waals surface area contributed by atoms with Crippen molar-refractivity contribution in [3.05, 3.63) is 29.3 Å². The first-order chi connectivity index (χ1) is 7.40. The molecule has 0 aliphatic heterocycles. The van der Waals surface area contributed by atoms with Crippen molar-refractivity contribution in [3.8, 4) is 10.6 Å². The highest BCUT2D eigenvalue weighted by atomic mass is 32.1. The van der Waals surface area contributed by atoms with Crippen molar-refractivity contribution in [3.63, 3.8) is 0 Å². The molecule has 80 valence electrons. The van der Waals surface area contributed by atoms with Crippen LogP contribution in [0.15, 0.2) is 23.6 Å². The maximum Gasteiger partial charge on any atom is 0.102 e. The predicted octanol–water partition coefficient (Wildman–Crippen LogP) is 2.64. The van der Waals surface area contributed by atoms with Gasteiger partial charge in [-0.15, -0.1) is 11.3 Å². The quantitative estimate of drug-likeness (QED) is 0.762. The zero-order chi connectivity index (χ0) is 10.5. The highest BCUT2D eigenvalue weighted by molar-refractivity contribution is 7.13. The molecule has 2 aromatic heterocycles. The van der Waals surface area contributed by atoms with E-state index in [9.17, 15) is 0 Å². The number of aromatic amines is 1. The molecule has 0 radical (unpaired) electrons. The summed E-state index contributed by atoms with van der Waals surface area (Å²) in [6.45, 7) is 4.08. The number of H-pyrrole nitrogens is 1. The van der Waals surface area contributed by atoms with E-state index in [4.69, 9.17) is 0 Å². The van der Waals surface area contributed by atoms with Crippen molar-refractivity contribution in [1.29, 1.82) is 0 Å². The van der Waals surface area contributed by atoms with Crippen LogP contribution in [0.25, 0.3) is 10.6 Å². The van der Waals surface area contributed by atoms with Crippen LogP contribution in [0.1, 0.15) is 19.0 Å². The molecule has 15 heavy (non-hydrogen) atoms. The highest BCUT2D eigenvalue weighted by Crippen LogP contribution is 2.22. The number of nitrogens with zero attached hydrogens (tertiary/aromatic N) is 1. The summed E-state index contributed by atoms with van der Waals surface area (Å²) in [5.74, 6) is 0. The van der Waals surface area contributed by atoms with Crippen LogP contribution in [0, 0.1) is 0 Å². The Morgan fingerprint density at radius 3 is 3.20 bits per heavy atom. The Kier molecular flexibility index (Phi) is 3.53. The van der Waals surface area contributed by atoms with Gasteiger partial charge < -0.3 is 5.32 Å². The molecule has 0 fully saturated rings. The third-order valence-electron chi connectivity index (χ3n) is 2.15. The van der Waals surface area contributed by atoms with Gasteiger partial charge in [-0.1, -0.05) is 13.0 Å². The van der Waals surface area contributed by atoms with Gasteiger partial charge in [0.25, 0.3) is 0 Å². The number of nitrogens with one attached hydrogen (secondary N) is 2. The smallest absolute Gasteiger partial charge is 0.102 e. The molecule has 0 saturated heterocycles. The van der Waals surface area contributed by atoms with E-state index in [1.165, 1.54) is 4.88 Å². The lowest BCUT2D eigenvalue weighted by Crippen LogP contribution is -2.13. The van der Waals surface area contributed by atoms with Crippen LogP contribution in [0.5, 0.6) is 0 Å². The molecule has 2 rings (SSSR count). The largest absolute Gasteiger partial charge is 0.311 e. The summed E-state index contributed by atoms with van der Waals surface area (Å²) >= 11 is 1.71. The molecule has 0 bridgehead atoms. The standard InChI is InChI=1S/C11H15N3S/c1-2-5-12-8-9-7-10(14-13-9)11-4-3-6-15-11/h3-4,6-7,12H,2,5,8H2,1H3,(H,13,14).